The fraction of sp³-hybridized carbons (Fsp3) is 0.154. The maximum atomic E-state index is 5.97. The maximum absolute atomic E-state index is 5.97. The van der Waals surface area contributed by atoms with E-state index in [1.807, 2.05) is 29.8 Å². The standard InChI is InChI=1S/C13H13ClN4O/c1-18-7-16-6-10(18)13(17-15)12-5-8-4-9(14)2-3-11(8)19-12/h2-7,13,17H,15H2,1H3. The first-order valence-electron chi connectivity index (χ1n) is 5.80. The van der Waals surface area contributed by atoms with E-state index in [1.54, 1.807) is 18.6 Å². The molecule has 0 fully saturated rings. The first-order chi connectivity index (χ1) is 9.19. The lowest BCUT2D eigenvalue weighted by Gasteiger charge is -2.13. The zero-order valence-corrected chi connectivity index (χ0v) is 11.1. The van der Waals surface area contributed by atoms with Gasteiger partial charge in [0.1, 0.15) is 17.4 Å². The lowest BCUT2D eigenvalue weighted by molar-refractivity contribution is 0.464. The van der Waals surface area contributed by atoms with E-state index in [2.05, 4.69) is 10.4 Å². The van der Waals surface area contributed by atoms with Crippen molar-refractivity contribution in [2.45, 2.75) is 6.04 Å². The van der Waals surface area contributed by atoms with Gasteiger partial charge >= 0.3 is 0 Å². The molecule has 1 aromatic carbocycles. The number of halogens is 1. The second-order valence-corrected chi connectivity index (χ2v) is 4.80. The van der Waals surface area contributed by atoms with E-state index >= 15 is 0 Å². The van der Waals surface area contributed by atoms with Crippen LogP contribution in [0.4, 0.5) is 0 Å². The molecule has 0 bridgehead atoms. The minimum Gasteiger partial charge on any atom is -0.459 e. The fourth-order valence-corrected chi connectivity index (χ4v) is 2.32. The monoisotopic (exact) mass is 276 g/mol. The molecule has 2 aromatic heterocycles. The SMILES string of the molecule is Cn1cncc1C(NN)c1cc2cc(Cl)ccc2o1. The Morgan fingerprint density at radius 2 is 2.26 bits per heavy atom. The van der Waals surface area contributed by atoms with E-state index in [1.165, 1.54) is 0 Å². The highest BCUT2D eigenvalue weighted by molar-refractivity contribution is 6.31. The Balaban J connectivity index is 2.09. The Morgan fingerprint density at radius 3 is 2.95 bits per heavy atom. The van der Waals surface area contributed by atoms with Crippen LogP contribution in [0.15, 0.2) is 41.2 Å². The van der Waals surface area contributed by atoms with E-state index in [0.717, 1.165) is 22.4 Å². The van der Waals surface area contributed by atoms with E-state index in [4.69, 9.17) is 21.9 Å². The molecule has 0 aliphatic carbocycles. The van der Waals surface area contributed by atoms with E-state index in [9.17, 15) is 0 Å². The molecule has 1 unspecified atom stereocenters. The van der Waals surface area contributed by atoms with Crippen LogP contribution < -0.4 is 11.3 Å². The number of hydrogen-bond donors (Lipinski definition) is 2. The van der Waals surface area contributed by atoms with Crippen molar-refractivity contribution < 1.29 is 4.42 Å². The lowest BCUT2D eigenvalue weighted by Crippen LogP contribution is -2.29. The van der Waals surface area contributed by atoms with Gasteiger partial charge in [-0.3, -0.25) is 5.84 Å². The van der Waals surface area contributed by atoms with Crippen molar-refractivity contribution in [3.8, 4) is 0 Å². The first-order valence-corrected chi connectivity index (χ1v) is 6.18. The summed E-state index contributed by atoms with van der Waals surface area (Å²) in [6, 6.07) is 7.18. The number of hydrazine groups is 1. The summed E-state index contributed by atoms with van der Waals surface area (Å²) < 4.78 is 7.71. The molecule has 0 saturated carbocycles. The molecule has 0 aliphatic rings. The Labute approximate surface area is 114 Å². The molecular formula is C13H13ClN4O. The molecule has 19 heavy (non-hydrogen) atoms. The van der Waals surface area contributed by atoms with Crippen molar-refractivity contribution >= 4 is 22.6 Å². The summed E-state index contributed by atoms with van der Waals surface area (Å²) in [7, 11) is 1.91. The summed E-state index contributed by atoms with van der Waals surface area (Å²) >= 11 is 5.97. The minimum absolute atomic E-state index is 0.251. The van der Waals surface area contributed by atoms with Gasteiger partial charge in [0.05, 0.1) is 18.2 Å². The number of nitrogens with zero attached hydrogens (tertiary/aromatic N) is 2. The van der Waals surface area contributed by atoms with Crippen molar-refractivity contribution in [2.24, 2.45) is 12.9 Å². The molecule has 0 spiro atoms. The van der Waals surface area contributed by atoms with Gasteiger partial charge in [0.25, 0.3) is 0 Å². The van der Waals surface area contributed by atoms with Gasteiger partial charge in [-0.05, 0) is 24.3 Å². The zero-order chi connectivity index (χ0) is 13.4. The Kier molecular flexibility index (Phi) is 3.02. The van der Waals surface area contributed by atoms with Crippen molar-refractivity contribution in [2.75, 3.05) is 0 Å². The molecule has 2 heterocycles. The fourth-order valence-electron chi connectivity index (χ4n) is 2.14. The van der Waals surface area contributed by atoms with E-state index < -0.39 is 0 Å². The van der Waals surface area contributed by atoms with Crippen LogP contribution in [0, 0.1) is 0 Å². The van der Waals surface area contributed by atoms with Gasteiger partial charge in [0.15, 0.2) is 0 Å². The third-order valence-electron chi connectivity index (χ3n) is 3.10. The Morgan fingerprint density at radius 1 is 1.42 bits per heavy atom. The van der Waals surface area contributed by atoms with Crippen LogP contribution >= 0.6 is 11.6 Å². The van der Waals surface area contributed by atoms with Gasteiger partial charge in [-0.1, -0.05) is 11.6 Å². The highest BCUT2D eigenvalue weighted by Crippen LogP contribution is 2.29. The summed E-state index contributed by atoms with van der Waals surface area (Å²) in [6.07, 6.45) is 3.48. The minimum atomic E-state index is -0.251. The summed E-state index contributed by atoms with van der Waals surface area (Å²) in [5.41, 5.74) is 4.45. The number of fused-ring (bicyclic) bond motifs is 1. The molecule has 3 rings (SSSR count). The molecule has 3 aromatic rings. The number of nitrogens with two attached hydrogens (primary N) is 1. The lowest BCUT2D eigenvalue weighted by atomic mass is 10.1. The Bertz CT molecular complexity index is 718. The number of furan rings is 1. The van der Waals surface area contributed by atoms with Gasteiger partial charge < -0.3 is 8.98 Å². The second kappa shape index (κ2) is 4.70. The molecule has 5 nitrogen and oxygen atoms in total. The molecule has 0 aliphatic heterocycles. The number of benzene rings is 1. The van der Waals surface area contributed by atoms with Crippen LogP contribution in [0.25, 0.3) is 11.0 Å². The van der Waals surface area contributed by atoms with Crippen LogP contribution in [0.2, 0.25) is 5.02 Å². The third kappa shape index (κ3) is 2.12. The quantitative estimate of drug-likeness (QED) is 0.569. The highest BCUT2D eigenvalue weighted by Gasteiger charge is 2.20. The summed E-state index contributed by atoms with van der Waals surface area (Å²) in [5.74, 6) is 6.36. The molecule has 0 amide bonds. The largest absolute Gasteiger partial charge is 0.459 e. The average Bonchev–Trinajstić information content (AvgIpc) is 2.97. The molecule has 0 radical (unpaired) electrons. The zero-order valence-electron chi connectivity index (χ0n) is 10.3. The first kappa shape index (κ1) is 12.2. The number of rotatable bonds is 3. The number of nitrogens with one attached hydrogen (secondary N) is 1. The molecule has 98 valence electrons. The topological polar surface area (TPSA) is 69.0 Å². The van der Waals surface area contributed by atoms with Crippen LogP contribution in [0.5, 0.6) is 0 Å². The third-order valence-corrected chi connectivity index (χ3v) is 3.33. The van der Waals surface area contributed by atoms with Gasteiger partial charge in [-0.15, -0.1) is 0 Å². The normalized spacial score (nSPS) is 13.0. The van der Waals surface area contributed by atoms with E-state index in [0.29, 0.717) is 5.02 Å². The predicted octanol–water partition coefficient (Wildman–Crippen LogP) is 2.37. The van der Waals surface area contributed by atoms with E-state index in [-0.39, 0.29) is 6.04 Å². The average molecular weight is 277 g/mol. The van der Waals surface area contributed by atoms with Gasteiger partial charge in [0, 0.05) is 17.5 Å². The van der Waals surface area contributed by atoms with Crippen molar-refractivity contribution in [1.29, 1.82) is 0 Å². The van der Waals surface area contributed by atoms with Crippen molar-refractivity contribution in [1.82, 2.24) is 15.0 Å². The molecule has 3 N–H and O–H groups in total. The number of imidazole rings is 1. The molecule has 6 heteroatoms. The maximum Gasteiger partial charge on any atom is 0.134 e. The van der Waals surface area contributed by atoms with Gasteiger partial charge in [0.2, 0.25) is 0 Å². The molecule has 1 atom stereocenters. The van der Waals surface area contributed by atoms with Crippen LogP contribution in [0.3, 0.4) is 0 Å². The van der Waals surface area contributed by atoms with Gasteiger partial charge in [-0.2, -0.15) is 0 Å². The Hall–Kier alpha value is -1.82. The number of aryl methyl sites for hydroxylation is 1. The summed E-state index contributed by atoms with van der Waals surface area (Å²) in [4.78, 5) is 4.09. The predicted molar refractivity (Wildman–Crippen MR) is 73.6 cm³/mol. The number of hydrogen-bond acceptors (Lipinski definition) is 4. The van der Waals surface area contributed by atoms with Crippen molar-refractivity contribution in [3.63, 3.8) is 0 Å². The number of aromatic nitrogens is 2. The summed E-state index contributed by atoms with van der Waals surface area (Å²) in [5, 5.41) is 1.63. The van der Waals surface area contributed by atoms with Crippen LogP contribution in [0.1, 0.15) is 17.5 Å². The second-order valence-electron chi connectivity index (χ2n) is 4.36. The molecular weight excluding hydrogens is 264 g/mol. The highest BCUT2D eigenvalue weighted by atomic mass is 35.5. The van der Waals surface area contributed by atoms with Crippen molar-refractivity contribution in [3.05, 3.63) is 53.3 Å². The molecule has 0 saturated heterocycles. The van der Waals surface area contributed by atoms with Crippen LogP contribution in [-0.2, 0) is 7.05 Å². The van der Waals surface area contributed by atoms with Crippen LogP contribution in [-0.4, -0.2) is 9.55 Å². The smallest absolute Gasteiger partial charge is 0.134 e. The summed E-state index contributed by atoms with van der Waals surface area (Å²) in [6.45, 7) is 0. The van der Waals surface area contributed by atoms with Gasteiger partial charge in [-0.25, -0.2) is 10.4 Å².